The summed E-state index contributed by atoms with van der Waals surface area (Å²) in [6.07, 6.45) is 0.864. The van der Waals surface area contributed by atoms with Gasteiger partial charge in [-0.05, 0) is 6.07 Å². The Balaban J connectivity index is 0.00000196. The van der Waals surface area contributed by atoms with Crippen LogP contribution in [0.25, 0.3) is 10.9 Å². The zero-order valence-corrected chi connectivity index (χ0v) is 15.3. The summed E-state index contributed by atoms with van der Waals surface area (Å²) < 4.78 is 43.5. The minimum Gasteiger partial charge on any atom is -0.477 e. The molecular formula is C16H19ClF3N3O5. The van der Waals surface area contributed by atoms with Gasteiger partial charge in [0.1, 0.15) is 23.7 Å². The normalized spacial score (nSPS) is 14.5. The SMILES string of the molecule is Cl.O.O=C(O)c1cn(CCF)c2c(F)c(N3CCN(O)CC3)c(F)cc2c1=O. The van der Waals surface area contributed by atoms with Gasteiger partial charge in [-0.1, -0.05) is 0 Å². The van der Waals surface area contributed by atoms with E-state index in [2.05, 4.69) is 0 Å². The highest BCUT2D eigenvalue weighted by molar-refractivity contribution is 5.93. The molecule has 0 saturated carbocycles. The van der Waals surface area contributed by atoms with Crippen molar-refractivity contribution in [1.82, 2.24) is 9.63 Å². The maximum Gasteiger partial charge on any atom is 0.341 e. The van der Waals surface area contributed by atoms with Crippen molar-refractivity contribution < 1.29 is 33.8 Å². The summed E-state index contributed by atoms with van der Waals surface area (Å²) >= 11 is 0. The molecule has 156 valence electrons. The monoisotopic (exact) mass is 425 g/mol. The van der Waals surface area contributed by atoms with Crippen LogP contribution in [0.3, 0.4) is 0 Å². The number of benzene rings is 1. The van der Waals surface area contributed by atoms with Gasteiger partial charge in [-0.2, -0.15) is 5.06 Å². The van der Waals surface area contributed by atoms with E-state index in [1.54, 1.807) is 0 Å². The van der Waals surface area contributed by atoms with Gasteiger partial charge in [0, 0.05) is 32.4 Å². The predicted octanol–water partition coefficient (Wildman–Crippen LogP) is 1.06. The van der Waals surface area contributed by atoms with Gasteiger partial charge in [0.2, 0.25) is 5.43 Å². The number of piperazine rings is 1. The number of carboxylic acid groups (broad SMARTS) is 1. The van der Waals surface area contributed by atoms with Gasteiger partial charge >= 0.3 is 5.97 Å². The Morgan fingerprint density at radius 3 is 2.32 bits per heavy atom. The van der Waals surface area contributed by atoms with Crippen molar-refractivity contribution in [3.05, 3.63) is 39.7 Å². The van der Waals surface area contributed by atoms with Crippen LogP contribution >= 0.6 is 12.4 Å². The number of alkyl halides is 1. The number of fused-ring (bicyclic) bond motifs is 1. The fraction of sp³-hybridized carbons (Fsp3) is 0.375. The first-order chi connectivity index (χ1) is 12.3. The molecule has 3 rings (SSSR count). The molecule has 1 fully saturated rings. The Morgan fingerprint density at radius 2 is 1.79 bits per heavy atom. The van der Waals surface area contributed by atoms with Crippen LogP contribution in [0.2, 0.25) is 0 Å². The maximum absolute atomic E-state index is 15.1. The fourth-order valence-electron chi connectivity index (χ4n) is 3.11. The molecule has 1 aromatic carbocycles. The summed E-state index contributed by atoms with van der Waals surface area (Å²) in [6, 6.07) is 0.780. The number of pyridine rings is 1. The highest BCUT2D eigenvalue weighted by Crippen LogP contribution is 2.30. The van der Waals surface area contributed by atoms with E-state index in [9.17, 15) is 23.6 Å². The van der Waals surface area contributed by atoms with Gasteiger partial charge < -0.3 is 25.3 Å². The molecule has 0 amide bonds. The molecular weight excluding hydrogens is 407 g/mol. The van der Waals surface area contributed by atoms with Crippen molar-refractivity contribution in [3.8, 4) is 0 Å². The molecule has 0 bridgehead atoms. The number of nitrogens with zero attached hydrogens (tertiary/aromatic N) is 3. The molecule has 1 aromatic heterocycles. The number of aromatic carboxylic acids is 1. The lowest BCUT2D eigenvalue weighted by atomic mass is 10.1. The molecule has 8 nitrogen and oxygen atoms in total. The number of hydrogen-bond donors (Lipinski definition) is 2. The van der Waals surface area contributed by atoms with E-state index in [0.717, 1.165) is 21.9 Å². The maximum atomic E-state index is 15.1. The molecule has 0 spiro atoms. The molecule has 0 atom stereocenters. The summed E-state index contributed by atoms with van der Waals surface area (Å²) in [7, 11) is 0. The Hall–Kier alpha value is -2.34. The summed E-state index contributed by atoms with van der Waals surface area (Å²) in [5.74, 6) is -3.64. The van der Waals surface area contributed by atoms with E-state index >= 15 is 4.39 Å². The molecule has 1 aliphatic heterocycles. The predicted molar refractivity (Wildman–Crippen MR) is 97.5 cm³/mol. The number of carboxylic acids is 1. The van der Waals surface area contributed by atoms with Gasteiger partial charge in [-0.3, -0.25) is 4.79 Å². The Kier molecular flexibility index (Phi) is 7.82. The number of hydroxylamine groups is 2. The highest BCUT2D eigenvalue weighted by atomic mass is 35.5. The van der Waals surface area contributed by atoms with E-state index in [1.165, 1.54) is 4.90 Å². The fourth-order valence-corrected chi connectivity index (χ4v) is 3.11. The zero-order valence-electron chi connectivity index (χ0n) is 14.5. The second-order valence-corrected chi connectivity index (χ2v) is 5.92. The third-order valence-corrected chi connectivity index (χ3v) is 4.36. The van der Waals surface area contributed by atoms with Crippen LogP contribution in [-0.2, 0) is 6.54 Å². The lowest BCUT2D eigenvalue weighted by molar-refractivity contribution is -0.0936. The van der Waals surface area contributed by atoms with Gasteiger partial charge in [0.05, 0.1) is 17.4 Å². The van der Waals surface area contributed by atoms with E-state index in [0.29, 0.717) is 0 Å². The van der Waals surface area contributed by atoms with Gasteiger partial charge in [0.25, 0.3) is 0 Å². The quantitative estimate of drug-likeness (QED) is 0.756. The van der Waals surface area contributed by atoms with E-state index in [-0.39, 0.29) is 61.8 Å². The van der Waals surface area contributed by atoms with Crippen LogP contribution in [-0.4, -0.2) is 64.2 Å². The smallest absolute Gasteiger partial charge is 0.341 e. The molecule has 1 aliphatic rings. The third kappa shape index (κ3) is 4.07. The first kappa shape index (κ1) is 23.7. The molecule has 12 heteroatoms. The third-order valence-electron chi connectivity index (χ3n) is 4.36. The van der Waals surface area contributed by atoms with Gasteiger partial charge in [0.15, 0.2) is 5.82 Å². The average molecular weight is 426 g/mol. The Bertz CT molecular complexity index is 932. The molecule has 1 saturated heterocycles. The minimum atomic E-state index is -1.56. The molecule has 0 aliphatic carbocycles. The van der Waals surface area contributed by atoms with Crippen molar-refractivity contribution in [2.75, 3.05) is 37.8 Å². The van der Waals surface area contributed by atoms with Crippen molar-refractivity contribution in [3.63, 3.8) is 0 Å². The van der Waals surface area contributed by atoms with E-state index in [1.807, 2.05) is 0 Å². The number of halogens is 4. The summed E-state index contributed by atoms with van der Waals surface area (Å²) in [5.41, 5.74) is -2.46. The zero-order chi connectivity index (χ0) is 19.0. The largest absolute Gasteiger partial charge is 0.477 e. The van der Waals surface area contributed by atoms with Crippen LogP contribution in [0.15, 0.2) is 17.1 Å². The van der Waals surface area contributed by atoms with Crippen LogP contribution in [0.5, 0.6) is 0 Å². The topological polar surface area (TPSA) is 118 Å². The number of anilines is 1. The minimum absolute atomic E-state index is 0. The second-order valence-electron chi connectivity index (χ2n) is 5.92. The number of hydrogen-bond acceptors (Lipinski definition) is 5. The lowest BCUT2D eigenvalue weighted by Crippen LogP contribution is -2.45. The Morgan fingerprint density at radius 1 is 1.18 bits per heavy atom. The molecule has 0 radical (unpaired) electrons. The van der Waals surface area contributed by atoms with Gasteiger partial charge in [-0.15, -0.1) is 12.4 Å². The lowest BCUT2D eigenvalue weighted by Gasteiger charge is -2.33. The van der Waals surface area contributed by atoms with Gasteiger partial charge in [-0.25, -0.2) is 18.0 Å². The van der Waals surface area contributed by atoms with Crippen LogP contribution < -0.4 is 10.3 Å². The molecule has 0 unspecified atom stereocenters. The second kappa shape index (κ2) is 9.24. The number of aromatic nitrogens is 1. The van der Waals surface area contributed by atoms with Crippen molar-refractivity contribution in [2.45, 2.75) is 6.54 Å². The highest BCUT2D eigenvalue weighted by Gasteiger charge is 2.26. The molecule has 2 aromatic rings. The summed E-state index contributed by atoms with van der Waals surface area (Å²) in [4.78, 5) is 24.9. The number of rotatable bonds is 4. The van der Waals surface area contributed by atoms with Crippen LogP contribution in [0.4, 0.5) is 18.9 Å². The van der Waals surface area contributed by atoms with Crippen molar-refractivity contribution in [1.29, 1.82) is 0 Å². The van der Waals surface area contributed by atoms with E-state index < -0.39 is 40.7 Å². The standard InChI is InChI=1S/C16H16F3N3O4.ClH.H2O/c17-1-2-21-8-10(16(24)25)15(23)9-7-11(18)14(12(19)13(9)21)20-3-5-22(26)6-4-20;;/h7-8,26H,1-6H2,(H,24,25);1H;1H2. The van der Waals surface area contributed by atoms with Crippen molar-refractivity contribution in [2.24, 2.45) is 0 Å². The van der Waals surface area contributed by atoms with E-state index in [4.69, 9.17) is 5.11 Å². The first-order valence-corrected chi connectivity index (χ1v) is 7.88. The molecule has 4 N–H and O–H groups in total. The first-order valence-electron chi connectivity index (χ1n) is 7.88. The Labute approximate surface area is 163 Å². The van der Waals surface area contributed by atoms with Crippen LogP contribution in [0, 0.1) is 11.6 Å². The molecule has 28 heavy (non-hydrogen) atoms. The van der Waals surface area contributed by atoms with Crippen molar-refractivity contribution >= 4 is 35.0 Å². The number of aryl methyl sites for hydroxylation is 1. The molecule has 2 heterocycles. The average Bonchev–Trinajstić information content (AvgIpc) is 2.58. The van der Waals surface area contributed by atoms with Crippen LogP contribution in [0.1, 0.15) is 10.4 Å². The summed E-state index contributed by atoms with van der Waals surface area (Å²) in [6.45, 7) is -0.666. The summed E-state index contributed by atoms with van der Waals surface area (Å²) in [5, 5.41) is 19.1. The number of carbonyl (C=O) groups is 1.